The van der Waals surface area contributed by atoms with Crippen molar-refractivity contribution >= 4 is 5.91 Å². The molecule has 152 valence electrons. The van der Waals surface area contributed by atoms with Gasteiger partial charge < -0.3 is 19.9 Å². The number of nitrogens with one attached hydrogen (secondary N) is 1. The van der Waals surface area contributed by atoms with Crippen molar-refractivity contribution in [1.82, 2.24) is 5.32 Å². The first kappa shape index (κ1) is 20.8. The van der Waals surface area contributed by atoms with Crippen LogP contribution in [0.1, 0.15) is 48.8 Å². The predicted octanol–water partition coefficient (Wildman–Crippen LogP) is 3.58. The van der Waals surface area contributed by atoms with Gasteiger partial charge in [0, 0.05) is 12.0 Å². The molecule has 0 spiro atoms. The zero-order valence-corrected chi connectivity index (χ0v) is 16.6. The van der Waals surface area contributed by atoms with E-state index in [1.54, 1.807) is 19.2 Å². The van der Waals surface area contributed by atoms with E-state index in [0.717, 1.165) is 31.2 Å². The molecule has 1 aliphatic carbocycles. The number of amides is 1. The van der Waals surface area contributed by atoms with Crippen LogP contribution in [-0.4, -0.2) is 30.8 Å². The molecule has 1 aliphatic rings. The average molecular weight is 393 g/mol. The standard InChI is InChI=1S/C24H27NO4/c1-3-15-29-21-14-13-18(16-22(21)28-2)19-11-7-8-12-20(19)25-24(27)23(26)17-9-5-4-6-10-17/h1,4-6,9-10,13-14,16,19-20,23,26H,7-8,11-12,15H2,2H3,(H,25,27)/t19-,20+,23?/m1/s1. The molecule has 3 atom stereocenters. The molecule has 0 aliphatic heterocycles. The number of benzene rings is 2. The Balaban J connectivity index is 1.76. The Morgan fingerprint density at radius 1 is 1.21 bits per heavy atom. The maximum atomic E-state index is 12.7. The largest absolute Gasteiger partial charge is 0.493 e. The molecule has 3 rings (SSSR count). The molecule has 0 radical (unpaired) electrons. The van der Waals surface area contributed by atoms with E-state index in [-0.39, 0.29) is 24.5 Å². The lowest BCUT2D eigenvalue weighted by atomic mass is 9.79. The number of carbonyl (C=O) groups is 1. The third-order valence-electron chi connectivity index (χ3n) is 5.38. The summed E-state index contributed by atoms with van der Waals surface area (Å²) in [4.78, 5) is 12.7. The molecule has 0 aromatic heterocycles. The molecule has 0 heterocycles. The lowest BCUT2D eigenvalue weighted by Gasteiger charge is -2.33. The number of terminal acetylenes is 1. The van der Waals surface area contributed by atoms with Crippen LogP contribution >= 0.6 is 0 Å². The average Bonchev–Trinajstić information content (AvgIpc) is 2.78. The molecule has 2 aromatic rings. The number of hydrogen-bond acceptors (Lipinski definition) is 4. The van der Waals surface area contributed by atoms with Crippen LogP contribution in [0, 0.1) is 12.3 Å². The highest BCUT2D eigenvalue weighted by Crippen LogP contribution is 2.37. The summed E-state index contributed by atoms with van der Waals surface area (Å²) in [6, 6.07) is 14.7. The Bertz CT molecular complexity index is 859. The molecule has 2 aromatic carbocycles. The normalized spacial score (nSPS) is 19.6. The van der Waals surface area contributed by atoms with E-state index in [1.165, 1.54) is 0 Å². The summed E-state index contributed by atoms with van der Waals surface area (Å²) in [5.74, 6) is 3.45. The second-order valence-electron chi connectivity index (χ2n) is 7.22. The summed E-state index contributed by atoms with van der Waals surface area (Å²) >= 11 is 0. The minimum absolute atomic E-state index is 0.0446. The van der Waals surface area contributed by atoms with Crippen LogP contribution < -0.4 is 14.8 Å². The van der Waals surface area contributed by atoms with Gasteiger partial charge in [0.1, 0.15) is 6.61 Å². The highest BCUT2D eigenvalue weighted by Gasteiger charge is 2.30. The van der Waals surface area contributed by atoms with E-state index in [1.807, 2.05) is 36.4 Å². The van der Waals surface area contributed by atoms with Crippen LogP contribution in [0.3, 0.4) is 0 Å². The van der Waals surface area contributed by atoms with Gasteiger partial charge in [-0.15, -0.1) is 6.42 Å². The summed E-state index contributed by atoms with van der Waals surface area (Å²) in [7, 11) is 1.60. The van der Waals surface area contributed by atoms with Crippen molar-refractivity contribution in [3.8, 4) is 23.8 Å². The fraction of sp³-hybridized carbons (Fsp3) is 0.375. The fourth-order valence-corrected chi connectivity index (χ4v) is 3.90. The van der Waals surface area contributed by atoms with Crippen LogP contribution in [0.2, 0.25) is 0 Å². The molecular formula is C24H27NO4. The van der Waals surface area contributed by atoms with Gasteiger partial charge in [0.15, 0.2) is 17.6 Å². The number of aliphatic hydroxyl groups excluding tert-OH is 1. The number of methoxy groups -OCH3 is 1. The zero-order chi connectivity index (χ0) is 20.6. The van der Waals surface area contributed by atoms with E-state index in [4.69, 9.17) is 15.9 Å². The van der Waals surface area contributed by atoms with Gasteiger partial charge in [-0.3, -0.25) is 4.79 Å². The molecule has 0 saturated heterocycles. The van der Waals surface area contributed by atoms with Crippen LogP contribution in [0.5, 0.6) is 11.5 Å². The Hall–Kier alpha value is -2.97. The maximum absolute atomic E-state index is 12.7. The summed E-state index contributed by atoms with van der Waals surface area (Å²) in [6.07, 6.45) is 8.06. The predicted molar refractivity (Wildman–Crippen MR) is 112 cm³/mol. The Morgan fingerprint density at radius 3 is 2.69 bits per heavy atom. The number of hydrogen-bond donors (Lipinski definition) is 2. The second-order valence-corrected chi connectivity index (χ2v) is 7.22. The van der Waals surface area contributed by atoms with Crippen molar-refractivity contribution in [3.63, 3.8) is 0 Å². The second kappa shape index (κ2) is 9.99. The first-order valence-electron chi connectivity index (χ1n) is 9.91. The molecule has 0 bridgehead atoms. The van der Waals surface area contributed by atoms with E-state index in [0.29, 0.717) is 17.1 Å². The van der Waals surface area contributed by atoms with Gasteiger partial charge in [-0.2, -0.15) is 0 Å². The third-order valence-corrected chi connectivity index (χ3v) is 5.38. The van der Waals surface area contributed by atoms with Gasteiger partial charge in [-0.1, -0.05) is 55.2 Å². The lowest BCUT2D eigenvalue weighted by molar-refractivity contribution is -0.130. The topological polar surface area (TPSA) is 67.8 Å². The number of carbonyl (C=O) groups excluding carboxylic acids is 1. The Morgan fingerprint density at radius 2 is 1.97 bits per heavy atom. The van der Waals surface area contributed by atoms with E-state index >= 15 is 0 Å². The monoisotopic (exact) mass is 393 g/mol. The number of rotatable bonds is 7. The summed E-state index contributed by atoms with van der Waals surface area (Å²) in [6.45, 7) is 0.176. The molecule has 1 amide bonds. The minimum atomic E-state index is -1.17. The van der Waals surface area contributed by atoms with Crippen LogP contribution in [0.15, 0.2) is 48.5 Å². The van der Waals surface area contributed by atoms with Crippen LogP contribution in [0.25, 0.3) is 0 Å². The van der Waals surface area contributed by atoms with Crippen molar-refractivity contribution in [2.45, 2.75) is 43.7 Å². The van der Waals surface area contributed by atoms with Gasteiger partial charge in [0.2, 0.25) is 0 Å². The molecule has 5 nitrogen and oxygen atoms in total. The van der Waals surface area contributed by atoms with Gasteiger partial charge in [-0.05, 0) is 36.1 Å². The highest BCUT2D eigenvalue weighted by atomic mass is 16.5. The SMILES string of the molecule is C#CCOc1ccc([C@H]2CCCC[C@@H]2NC(=O)C(O)c2ccccc2)cc1OC. The van der Waals surface area contributed by atoms with Crippen molar-refractivity contribution < 1.29 is 19.4 Å². The molecule has 29 heavy (non-hydrogen) atoms. The number of aliphatic hydroxyl groups is 1. The highest BCUT2D eigenvalue weighted by molar-refractivity contribution is 5.82. The smallest absolute Gasteiger partial charge is 0.253 e. The third kappa shape index (κ3) is 5.10. The quantitative estimate of drug-likeness (QED) is 0.706. The lowest BCUT2D eigenvalue weighted by Crippen LogP contribution is -2.43. The van der Waals surface area contributed by atoms with Crippen molar-refractivity contribution in [1.29, 1.82) is 0 Å². The fourth-order valence-electron chi connectivity index (χ4n) is 3.90. The number of ether oxygens (including phenoxy) is 2. The van der Waals surface area contributed by atoms with Gasteiger partial charge in [0.05, 0.1) is 7.11 Å². The molecular weight excluding hydrogens is 366 g/mol. The minimum Gasteiger partial charge on any atom is -0.493 e. The summed E-state index contributed by atoms with van der Waals surface area (Å²) < 4.78 is 11.0. The molecule has 1 saturated carbocycles. The van der Waals surface area contributed by atoms with E-state index in [2.05, 4.69) is 11.2 Å². The molecule has 1 fully saturated rings. The van der Waals surface area contributed by atoms with Gasteiger partial charge >= 0.3 is 0 Å². The molecule has 2 N–H and O–H groups in total. The van der Waals surface area contributed by atoms with Crippen molar-refractivity contribution in [2.24, 2.45) is 0 Å². The van der Waals surface area contributed by atoms with Crippen LogP contribution in [0.4, 0.5) is 0 Å². The molecule has 5 heteroatoms. The zero-order valence-electron chi connectivity index (χ0n) is 16.6. The van der Waals surface area contributed by atoms with Gasteiger partial charge in [-0.25, -0.2) is 0 Å². The summed E-state index contributed by atoms with van der Waals surface area (Å²) in [5.41, 5.74) is 1.67. The van der Waals surface area contributed by atoms with Crippen molar-refractivity contribution in [2.75, 3.05) is 13.7 Å². The van der Waals surface area contributed by atoms with Crippen molar-refractivity contribution in [3.05, 3.63) is 59.7 Å². The summed E-state index contributed by atoms with van der Waals surface area (Å²) in [5, 5.41) is 13.5. The Labute approximate surface area is 172 Å². The maximum Gasteiger partial charge on any atom is 0.253 e. The first-order chi connectivity index (χ1) is 14.1. The van der Waals surface area contributed by atoms with Gasteiger partial charge in [0.25, 0.3) is 5.91 Å². The Kier molecular flexibility index (Phi) is 7.15. The molecule has 1 unspecified atom stereocenters. The van der Waals surface area contributed by atoms with Crippen LogP contribution in [-0.2, 0) is 4.79 Å². The van der Waals surface area contributed by atoms with E-state index in [9.17, 15) is 9.90 Å². The first-order valence-corrected chi connectivity index (χ1v) is 9.91. The van der Waals surface area contributed by atoms with E-state index < -0.39 is 6.10 Å².